The summed E-state index contributed by atoms with van der Waals surface area (Å²) in [6, 6.07) is 6.90. The monoisotopic (exact) mass is 502 g/mol. The Kier molecular flexibility index (Phi) is 12.8. The fourth-order valence-corrected chi connectivity index (χ4v) is 3.25. The number of benzene rings is 1. The highest BCUT2D eigenvalue weighted by molar-refractivity contribution is 5.95. The van der Waals surface area contributed by atoms with Crippen LogP contribution in [0.4, 0.5) is 18.9 Å². The number of hydrogen-bond donors (Lipinski definition) is 3. The molecule has 35 heavy (non-hydrogen) atoms. The van der Waals surface area contributed by atoms with E-state index in [0.717, 1.165) is 45.4 Å². The molecule has 3 amide bonds. The third-order valence-corrected chi connectivity index (χ3v) is 5.08. The maximum Gasteiger partial charge on any atom is 0.490 e. The fourth-order valence-electron chi connectivity index (χ4n) is 3.25. The minimum atomic E-state index is -5.08. The van der Waals surface area contributed by atoms with Crippen molar-refractivity contribution in [3.63, 3.8) is 0 Å². The molecule has 1 saturated heterocycles. The number of rotatable bonds is 9. The van der Waals surface area contributed by atoms with Gasteiger partial charge in [-0.25, -0.2) is 4.79 Å². The summed E-state index contributed by atoms with van der Waals surface area (Å²) in [4.78, 5) is 49.1. The topological polar surface area (TPSA) is 119 Å². The van der Waals surface area contributed by atoms with Crippen molar-refractivity contribution in [2.45, 2.75) is 45.7 Å². The lowest BCUT2D eigenvalue weighted by Gasteiger charge is -2.29. The molecular formula is C23H33F3N4O5. The first-order valence-corrected chi connectivity index (χ1v) is 11.4. The zero-order valence-corrected chi connectivity index (χ0v) is 20.0. The van der Waals surface area contributed by atoms with E-state index in [9.17, 15) is 27.6 Å². The molecule has 1 heterocycles. The summed E-state index contributed by atoms with van der Waals surface area (Å²) >= 11 is 0. The predicted molar refractivity (Wildman–Crippen MR) is 124 cm³/mol. The van der Waals surface area contributed by atoms with Crippen molar-refractivity contribution >= 4 is 29.4 Å². The van der Waals surface area contributed by atoms with Crippen LogP contribution < -0.4 is 10.6 Å². The first-order chi connectivity index (χ1) is 16.5. The summed E-state index contributed by atoms with van der Waals surface area (Å²) in [5, 5.41) is 13.1. The van der Waals surface area contributed by atoms with Crippen molar-refractivity contribution in [2.24, 2.45) is 0 Å². The highest BCUT2D eigenvalue weighted by Crippen LogP contribution is 2.14. The number of anilines is 1. The number of unbranched alkanes of at least 4 members (excludes halogenated alkanes) is 2. The number of carboxylic acid groups (broad SMARTS) is 1. The van der Waals surface area contributed by atoms with Crippen LogP contribution in [0.5, 0.6) is 0 Å². The number of carboxylic acids is 1. The summed E-state index contributed by atoms with van der Waals surface area (Å²) < 4.78 is 31.7. The molecule has 1 aromatic carbocycles. The van der Waals surface area contributed by atoms with Crippen LogP contribution >= 0.6 is 0 Å². The number of amides is 3. The van der Waals surface area contributed by atoms with Gasteiger partial charge in [0.05, 0.1) is 0 Å². The number of hydrogen-bond acceptors (Lipinski definition) is 5. The summed E-state index contributed by atoms with van der Waals surface area (Å²) in [6.45, 7) is 7.76. The molecule has 196 valence electrons. The Morgan fingerprint density at radius 3 is 2.11 bits per heavy atom. The van der Waals surface area contributed by atoms with Crippen LogP contribution in [0.1, 0.15) is 49.9 Å². The molecule has 0 aliphatic carbocycles. The number of carbonyl (C=O) groups excluding carboxylic acids is 3. The van der Waals surface area contributed by atoms with E-state index in [1.807, 2.05) is 4.90 Å². The largest absolute Gasteiger partial charge is 0.490 e. The summed E-state index contributed by atoms with van der Waals surface area (Å²) in [7, 11) is 0. The summed E-state index contributed by atoms with van der Waals surface area (Å²) in [5.41, 5.74) is 1.23. The van der Waals surface area contributed by atoms with Crippen molar-refractivity contribution in [3.8, 4) is 0 Å². The molecule has 2 rings (SSSR count). The van der Waals surface area contributed by atoms with Crippen LogP contribution in [-0.2, 0) is 14.4 Å². The van der Waals surface area contributed by atoms with Gasteiger partial charge in [-0.1, -0.05) is 19.8 Å². The summed E-state index contributed by atoms with van der Waals surface area (Å²) in [5.74, 6) is -2.87. The fraction of sp³-hybridized carbons (Fsp3) is 0.565. The number of piperazine rings is 1. The van der Waals surface area contributed by atoms with Gasteiger partial charge in [-0.15, -0.1) is 0 Å². The van der Waals surface area contributed by atoms with E-state index in [4.69, 9.17) is 9.90 Å². The molecule has 0 spiro atoms. The number of aliphatic carboxylic acids is 1. The van der Waals surface area contributed by atoms with Crippen LogP contribution in [0, 0.1) is 0 Å². The lowest BCUT2D eigenvalue weighted by molar-refractivity contribution is -0.192. The molecule has 1 fully saturated rings. The van der Waals surface area contributed by atoms with E-state index in [1.54, 1.807) is 29.2 Å². The molecule has 1 aliphatic heterocycles. The van der Waals surface area contributed by atoms with Gasteiger partial charge in [-0.3, -0.25) is 14.4 Å². The smallest absolute Gasteiger partial charge is 0.475 e. The quantitative estimate of drug-likeness (QED) is 0.447. The average molecular weight is 503 g/mol. The molecule has 1 aromatic rings. The Bertz CT molecular complexity index is 841. The lowest BCUT2D eigenvalue weighted by Crippen LogP contribution is -2.47. The molecule has 0 saturated carbocycles. The second kappa shape index (κ2) is 15.0. The van der Waals surface area contributed by atoms with Crippen LogP contribution in [0.3, 0.4) is 0 Å². The van der Waals surface area contributed by atoms with E-state index in [0.29, 0.717) is 30.8 Å². The normalized spacial score (nSPS) is 13.3. The lowest BCUT2D eigenvalue weighted by atomic mass is 10.1. The third-order valence-electron chi connectivity index (χ3n) is 5.08. The Balaban J connectivity index is 0.000000762. The van der Waals surface area contributed by atoms with Crippen molar-refractivity contribution in [2.75, 3.05) is 44.6 Å². The maximum absolute atomic E-state index is 13.0. The molecule has 1 aliphatic rings. The molecule has 0 radical (unpaired) electrons. The Hall–Kier alpha value is -3.15. The van der Waals surface area contributed by atoms with Crippen LogP contribution in [0.2, 0.25) is 0 Å². The third kappa shape index (κ3) is 11.7. The second-order valence-electron chi connectivity index (χ2n) is 7.94. The van der Waals surface area contributed by atoms with E-state index < -0.39 is 12.1 Å². The molecular weight excluding hydrogens is 469 g/mol. The Morgan fingerprint density at radius 1 is 1.06 bits per heavy atom. The van der Waals surface area contributed by atoms with Crippen LogP contribution in [0.15, 0.2) is 24.3 Å². The molecule has 12 heteroatoms. The van der Waals surface area contributed by atoms with Crippen LogP contribution in [0.25, 0.3) is 0 Å². The standard InChI is InChI=1S/C21H32N4O3.C2HF3O2/c1-3-4-5-13-25(14-10-20(27)24-15-11-22-12-16-24)21(28)18-6-8-19(9-7-18)23-17(2)26;3-2(4,5)1(6)7/h6-9,22H,3-5,10-16H2,1-2H3,(H,23,26);(H,6,7). The first-order valence-electron chi connectivity index (χ1n) is 11.4. The molecule has 0 unspecified atom stereocenters. The highest BCUT2D eigenvalue weighted by atomic mass is 19.4. The number of halogens is 3. The molecule has 0 atom stereocenters. The van der Waals surface area contributed by atoms with Gasteiger partial charge in [-0.05, 0) is 30.7 Å². The molecule has 9 nitrogen and oxygen atoms in total. The molecule has 0 aromatic heterocycles. The maximum atomic E-state index is 13.0. The van der Waals surface area contributed by atoms with Gasteiger partial charge in [0.15, 0.2) is 0 Å². The predicted octanol–water partition coefficient (Wildman–Crippen LogP) is 2.73. The van der Waals surface area contributed by atoms with Crippen molar-refractivity contribution in [1.29, 1.82) is 0 Å². The average Bonchev–Trinajstić information content (AvgIpc) is 2.81. The van der Waals surface area contributed by atoms with Gasteiger partial charge < -0.3 is 25.5 Å². The highest BCUT2D eigenvalue weighted by Gasteiger charge is 2.38. The van der Waals surface area contributed by atoms with Gasteiger partial charge in [0.1, 0.15) is 0 Å². The Labute approximate surface area is 202 Å². The van der Waals surface area contributed by atoms with E-state index in [2.05, 4.69) is 17.6 Å². The molecule has 3 N–H and O–H groups in total. The van der Waals surface area contributed by atoms with E-state index >= 15 is 0 Å². The first kappa shape index (κ1) is 29.9. The zero-order valence-electron chi connectivity index (χ0n) is 20.0. The zero-order chi connectivity index (χ0) is 26.4. The van der Waals surface area contributed by atoms with Gasteiger partial charge in [0, 0.05) is 63.9 Å². The number of nitrogens with one attached hydrogen (secondary N) is 2. The van der Waals surface area contributed by atoms with Gasteiger partial charge in [0.25, 0.3) is 5.91 Å². The summed E-state index contributed by atoms with van der Waals surface area (Å²) in [6.07, 6.45) is -1.68. The Morgan fingerprint density at radius 2 is 1.63 bits per heavy atom. The van der Waals surface area contributed by atoms with Crippen molar-refractivity contribution in [3.05, 3.63) is 29.8 Å². The molecule has 0 bridgehead atoms. The van der Waals surface area contributed by atoms with Crippen molar-refractivity contribution < 1.29 is 37.5 Å². The van der Waals surface area contributed by atoms with E-state index in [-0.39, 0.29) is 17.7 Å². The van der Waals surface area contributed by atoms with Gasteiger partial charge in [0.2, 0.25) is 11.8 Å². The number of alkyl halides is 3. The number of nitrogens with zero attached hydrogens (tertiary/aromatic N) is 2. The second-order valence-corrected chi connectivity index (χ2v) is 7.94. The minimum absolute atomic E-state index is 0.0708. The van der Waals surface area contributed by atoms with Gasteiger partial charge in [-0.2, -0.15) is 13.2 Å². The van der Waals surface area contributed by atoms with Gasteiger partial charge >= 0.3 is 12.1 Å². The number of carbonyl (C=O) groups is 4. The SMILES string of the molecule is CCCCCN(CCC(=O)N1CCNCC1)C(=O)c1ccc(NC(C)=O)cc1.O=C(O)C(F)(F)F. The minimum Gasteiger partial charge on any atom is -0.475 e. The van der Waals surface area contributed by atoms with Crippen molar-refractivity contribution in [1.82, 2.24) is 15.1 Å². The van der Waals surface area contributed by atoms with Crippen LogP contribution in [-0.4, -0.2) is 84.0 Å². The van der Waals surface area contributed by atoms with E-state index in [1.165, 1.54) is 6.92 Å².